The highest BCUT2D eigenvalue weighted by Crippen LogP contribution is 2.34. The van der Waals surface area contributed by atoms with Crippen molar-refractivity contribution in [1.82, 2.24) is 9.97 Å². The fourth-order valence-corrected chi connectivity index (χ4v) is 3.24. The standard InChI is InChI=1S/C20H25N3/c1-14(2)16-9-5-10-18-17(8-3-4-11-21)19(23-20(16)18)15-7-6-12-22-13-15/h5-7,9-10,12-14,23H,3-4,8,11,21H2,1-2H3. The van der Waals surface area contributed by atoms with Gasteiger partial charge in [0.25, 0.3) is 0 Å². The molecule has 0 aliphatic carbocycles. The molecule has 2 aromatic heterocycles. The van der Waals surface area contributed by atoms with Crippen LogP contribution in [-0.2, 0) is 6.42 Å². The first-order chi connectivity index (χ1) is 11.2. The number of rotatable bonds is 6. The molecule has 3 aromatic rings. The summed E-state index contributed by atoms with van der Waals surface area (Å²) in [6, 6.07) is 10.7. The number of para-hydroxylation sites is 1. The van der Waals surface area contributed by atoms with Crippen molar-refractivity contribution in [3.8, 4) is 11.3 Å². The van der Waals surface area contributed by atoms with Crippen LogP contribution >= 0.6 is 0 Å². The number of aromatic nitrogens is 2. The summed E-state index contributed by atoms with van der Waals surface area (Å²) in [4.78, 5) is 7.97. The first-order valence-electron chi connectivity index (χ1n) is 8.46. The van der Waals surface area contributed by atoms with Crippen LogP contribution in [0.3, 0.4) is 0 Å². The molecule has 0 fully saturated rings. The molecule has 3 rings (SSSR count). The van der Waals surface area contributed by atoms with Gasteiger partial charge in [0, 0.05) is 28.9 Å². The van der Waals surface area contributed by atoms with E-state index in [0.29, 0.717) is 5.92 Å². The number of aryl methyl sites for hydroxylation is 1. The maximum Gasteiger partial charge on any atom is 0.0513 e. The van der Waals surface area contributed by atoms with E-state index in [9.17, 15) is 0 Å². The normalized spacial score (nSPS) is 11.5. The number of hydrogen-bond donors (Lipinski definition) is 2. The van der Waals surface area contributed by atoms with Gasteiger partial charge in [0.15, 0.2) is 0 Å². The summed E-state index contributed by atoms with van der Waals surface area (Å²) < 4.78 is 0. The molecule has 0 aliphatic rings. The Kier molecular flexibility index (Phi) is 4.77. The Labute approximate surface area is 137 Å². The smallest absolute Gasteiger partial charge is 0.0513 e. The van der Waals surface area contributed by atoms with Gasteiger partial charge < -0.3 is 10.7 Å². The first kappa shape index (κ1) is 15.8. The van der Waals surface area contributed by atoms with E-state index in [1.165, 1.54) is 27.7 Å². The highest BCUT2D eigenvalue weighted by Gasteiger charge is 2.16. The third kappa shape index (κ3) is 3.15. The predicted octanol–water partition coefficient (Wildman–Crippen LogP) is 4.63. The van der Waals surface area contributed by atoms with Gasteiger partial charge in [-0.25, -0.2) is 0 Å². The highest BCUT2D eigenvalue weighted by atomic mass is 14.7. The molecule has 0 saturated heterocycles. The first-order valence-corrected chi connectivity index (χ1v) is 8.46. The van der Waals surface area contributed by atoms with E-state index in [1.54, 1.807) is 0 Å². The van der Waals surface area contributed by atoms with Crippen molar-refractivity contribution in [3.63, 3.8) is 0 Å². The third-order valence-corrected chi connectivity index (χ3v) is 4.43. The summed E-state index contributed by atoms with van der Waals surface area (Å²) in [5.74, 6) is 0.496. The van der Waals surface area contributed by atoms with Crippen LogP contribution < -0.4 is 5.73 Å². The molecule has 0 spiro atoms. The molecule has 0 atom stereocenters. The van der Waals surface area contributed by atoms with Crippen LogP contribution in [0, 0.1) is 0 Å². The minimum absolute atomic E-state index is 0.496. The van der Waals surface area contributed by atoms with Gasteiger partial charge in [-0.3, -0.25) is 4.98 Å². The Bertz CT molecular complexity index is 772. The zero-order valence-electron chi connectivity index (χ0n) is 14.0. The minimum Gasteiger partial charge on any atom is -0.354 e. The van der Waals surface area contributed by atoms with Gasteiger partial charge in [-0.2, -0.15) is 0 Å². The van der Waals surface area contributed by atoms with E-state index in [0.717, 1.165) is 31.4 Å². The molecule has 3 nitrogen and oxygen atoms in total. The largest absolute Gasteiger partial charge is 0.354 e. The van der Waals surface area contributed by atoms with Crippen LogP contribution in [0.4, 0.5) is 0 Å². The summed E-state index contributed by atoms with van der Waals surface area (Å²) in [5.41, 5.74) is 12.1. The van der Waals surface area contributed by atoms with Gasteiger partial charge in [-0.05, 0) is 55.0 Å². The van der Waals surface area contributed by atoms with E-state index < -0.39 is 0 Å². The number of pyridine rings is 1. The number of fused-ring (bicyclic) bond motifs is 1. The quantitative estimate of drug-likeness (QED) is 0.652. The molecule has 0 unspecified atom stereocenters. The van der Waals surface area contributed by atoms with Crippen LogP contribution in [0.25, 0.3) is 22.2 Å². The minimum atomic E-state index is 0.496. The number of hydrogen-bond acceptors (Lipinski definition) is 2. The number of nitrogens with two attached hydrogens (primary N) is 1. The van der Waals surface area contributed by atoms with Crippen molar-refractivity contribution in [3.05, 3.63) is 53.9 Å². The van der Waals surface area contributed by atoms with E-state index in [1.807, 2.05) is 18.5 Å². The lowest BCUT2D eigenvalue weighted by molar-refractivity contribution is 0.748. The summed E-state index contributed by atoms with van der Waals surface area (Å²) in [6.45, 7) is 5.24. The van der Waals surface area contributed by atoms with Crippen molar-refractivity contribution >= 4 is 10.9 Å². The Morgan fingerprint density at radius 3 is 2.70 bits per heavy atom. The summed E-state index contributed by atoms with van der Waals surface area (Å²) >= 11 is 0. The fraction of sp³-hybridized carbons (Fsp3) is 0.350. The van der Waals surface area contributed by atoms with Gasteiger partial charge in [-0.1, -0.05) is 32.0 Å². The lowest BCUT2D eigenvalue weighted by atomic mass is 9.97. The van der Waals surface area contributed by atoms with Gasteiger partial charge in [0.1, 0.15) is 0 Å². The second kappa shape index (κ2) is 6.97. The molecule has 3 heteroatoms. The SMILES string of the molecule is CC(C)c1cccc2c(CCCCN)c(-c3cccnc3)[nH]c12. The van der Waals surface area contributed by atoms with E-state index in [2.05, 4.69) is 48.1 Å². The van der Waals surface area contributed by atoms with Crippen LogP contribution in [0.5, 0.6) is 0 Å². The maximum absolute atomic E-state index is 5.68. The Hall–Kier alpha value is -2.13. The molecule has 0 radical (unpaired) electrons. The number of nitrogens with zero attached hydrogens (tertiary/aromatic N) is 1. The Balaban J connectivity index is 2.16. The number of unbranched alkanes of at least 4 members (excludes halogenated alkanes) is 1. The zero-order valence-corrected chi connectivity index (χ0v) is 14.0. The number of aromatic amines is 1. The fourth-order valence-electron chi connectivity index (χ4n) is 3.24. The monoisotopic (exact) mass is 307 g/mol. The molecule has 23 heavy (non-hydrogen) atoms. The lowest BCUT2D eigenvalue weighted by Gasteiger charge is -2.07. The topological polar surface area (TPSA) is 54.7 Å². The summed E-state index contributed by atoms with van der Waals surface area (Å²) in [5, 5.41) is 1.34. The van der Waals surface area contributed by atoms with Crippen LogP contribution in [0.15, 0.2) is 42.7 Å². The van der Waals surface area contributed by atoms with Gasteiger partial charge in [-0.15, -0.1) is 0 Å². The van der Waals surface area contributed by atoms with Crippen LogP contribution in [0.1, 0.15) is 43.7 Å². The maximum atomic E-state index is 5.68. The number of H-pyrrole nitrogens is 1. The van der Waals surface area contributed by atoms with E-state index in [-0.39, 0.29) is 0 Å². The molecule has 0 aliphatic heterocycles. The summed E-state index contributed by atoms with van der Waals surface area (Å²) in [6.07, 6.45) is 6.97. The van der Waals surface area contributed by atoms with Crippen molar-refractivity contribution in [2.45, 2.75) is 39.0 Å². The summed E-state index contributed by atoms with van der Waals surface area (Å²) in [7, 11) is 0. The average Bonchev–Trinajstić information content (AvgIpc) is 2.94. The van der Waals surface area contributed by atoms with Crippen molar-refractivity contribution in [2.75, 3.05) is 6.54 Å². The second-order valence-corrected chi connectivity index (χ2v) is 6.39. The van der Waals surface area contributed by atoms with Crippen molar-refractivity contribution < 1.29 is 0 Å². The average molecular weight is 307 g/mol. The number of nitrogens with one attached hydrogen (secondary N) is 1. The van der Waals surface area contributed by atoms with Crippen LogP contribution in [-0.4, -0.2) is 16.5 Å². The molecular weight excluding hydrogens is 282 g/mol. The lowest BCUT2D eigenvalue weighted by Crippen LogP contribution is -1.99. The second-order valence-electron chi connectivity index (χ2n) is 6.39. The van der Waals surface area contributed by atoms with Crippen molar-refractivity contribution in [1.29, 1.82) is 0 Å². The molecule has 0 amide bonds. The Morgan fingerprint density at radius 2 is 2.00 bits per heavy atom. The van der Waals surface area contributed by atoms with E-state index >= 15 is 0 Å². The molecule has 0 saturated carbocycles. The molecule has 120 valence electrons. The number of benzene rings is 1. The molecule has 3 N–H and O–H groups in total. The van der Waals surface area contributed by atoms with Crippen LogP contribution in [0.2, 0.25) is 0 Å². The Morgan fingerprint density at radius 1 is 1.13 bits per heavy atom. The van der Waals surface area contributed by atoms with Gasteiger partial charge >= 0.3 is 0 Å². The highest BCUT2D eigenvalue weighted by molar-refractivity contribution is 5.93. The molecular formula is C20H25N3. The zero-order chi connectivity index (χ0) is 16.2. The van der Waals surface area contributed by atoms with Gasteiger partial charge in [0.2, 0.25) is 0 Å². The molecule has 1 aromatic carbocycles. The molecule has 0 bridgehead atoms. The predicted molar refractivity (Wildman–Crippen MR) is 97.6 cm³/mol. The van der Waals surface area contributed by atoms with Gasteiger partial charge in [0.05, 0.1) is 5.69 Å². The molecule has 2 heterocycles. The van der Waals surface area contributed by atoms with E-state index in [4.69, 9.17) is 5.73 Å². The third-order valence-electron chi connectivity index (χ3n) is 4.43. The van der Waals surface area contributed by atoms with Crippen molar-refractivity contribution in [2.24, 2.45) is 5.73 Å².